The van der Waals surface area contributed by atoms with Crippen molar-refractivity contribution < 1.29 is 27.8 Å². The van der Waals surface area contributed by atoms with Gasteiger partial charge in [-0.1, -0.05) is 0 Å². The van der Waals surface area contributed by atoms with Crippen LogP contribution in [0.25, 0.3) is 0 Å². The SMILES string of the molecule is COCCOC(=O)C(C)N1C(=O)CNc2cc(F)c(F)cc21. The number of hydrogen-bond acceptors (Lipinski definition) is 5. The van der Waals surface area contributed by atoms with Gasteiger partial charge in [-0.2, -0.15) is 0 Å². The molecule has 120 valence electrons. The van der Waals surface area contributed by atoms with Crippen molar-refractivity contribution in [3.05, 3.63) is 23.8 Å². The third-order valence-electron chi connectivity index (χ3n) is 3.26. The molecule has 1 aliphatic rings. The average molecular weight is 314 g/mol. The summed E-state index contributed by atoms with van der Waals surface area (Å²) in [4.78, 5) is 25.1. The number of esters is 1. The van der Waals surface area contributed by atoms with Crippen molar-refractivity contribution in [1.82, 2.24) is 0 Å². The zero-order valence-corrected chi connectivity index (χ0v) is 12.2. The van der Waals surface area contributed by atoms with Crippen molar-refractivity contribution in [2.75, 3.05) is 37.1 Å². The van der Waals surface area contributed by atoms with Crippen LogP contribution in [0.15, 0.2) is 12.1 Å². The molecule has 0 aromatic heterocycles. The summed E-state index contributed by atoms with van der Waals surface area (Å²) in [5, 5.41) is 2.69. The van der Waals surface area contributed by atoms with E-state index in [2.05, 4.69) is 5.32 Å². The van der Waals surface area contributed by atoms with Gasteiger partial charge in [0.2, 0.25) is 5.91 Å². The van der Waals surface area contributed by atoms with E-state index in [1.807, 2.05) is 0 Å². The van der Waals surface area contributed by atoms with Crippen molar-refractivity contribution in [1.29, 1.82) is 0 Å². The van der Waals surface area contributed by atoms with Gasteiger partial charge in [-0.3, -0.25) is 9.69 Å². The van der Waals surface area contributed by atoms with E-state index in [4.69, 9.17) is 9.47 Å². The van der Waals surface area contributed by atoms with Gasteiger partial charge in [-0.05, 0) is 6.92 Å². The average Bonchev–Trinajstić information content (AvgIpc) is 2.48. The van der Waals surface area contributed by atoms with Crippen molar-refractivity contribution in [3.63, 3.8) is 0 Å². The number of fused-ring (bicyclic) bond motifs is 1. The monoisotopic (exact) mass is 314 g/mol. The topological polar surface area (TPSA) is 67.9 Å². The zero-order valence-electron chi connectivity index (χ0n) is 12.2. The van der Waals surface area contributed by atoms with Gasteiger partial charge in [0.25, 0.3) is 0 Å². The summed E-state index contributed by atoms with van der Waals surface area (Å²) in [6.07, 6.45) is 0. The molecule has 0 saturated carbocycles. The molecule has 0 saturated heterocycles. The Bertz CT molecular complexity index is 594. The van der Waals surface area contributed by atoms with Crippen LogP contribution in [0.5, 0.6) is 0 Å². The minimum atomic E-state index is -1.10. The first-order valence-corrected chi connectivity index (χ1v) is 6.66. The number of nitrogens with one attached hydrogen (secondary N) is 1. The molecule has 1 heterocycles. The normalized spacial score (nSPS) is 15.1. The summed E-state index contributed by atoms with van der Waals surface area (Å²) < 4.78 is 36.5. The first-order chi connectivity index (χ1) is 10.5. The Kier molecular flexibility index (Phi) is 4.92. The molecule has 1 aromatic rings. The summed E-state index contributed by atoms with van der Waals surface area (Å²) in [5.74, 6) is -3.21. The number of carbonyl (C=O) groups is 2. The van der Waals surface area contributed by atoms with Crippen LogP contribution in [0.1, 0.15) is 6.92 Å². The Morgan fingerprint density at radius 3 is 2.73 bits per heavy atom. The summed E-state index contributed by atoms with van der Waals surface area (Å²) >= 11 is 0. The highest BCUT2D eigenvalue weighted by molar-refractivity contribution is 6.06. The van der Waals surface area contributed by atoms with Crippen molar-refractivity contribution in [3.8, 4) is 0 Å². The van der Waals surface area contributed by atoms with E-state index in [1.165, 1.54) is 14.0 Å². The lowest BCUT2D eigenvalue weighted by atomic mass is 10.1. The van der Waals surface area contributed by atoms with Crippen LogP contribution < -0.4 is 10.2 Å². The summed E-state index contributed by atoms with van der Waals surface area (Å²) in [7, 11) is 1.46. The number of hydrogen-bond donors (Lipinski definition) is 1. The lowest BCUT2D eigenvalue weighted by Gasteiger charge is -2.33. The molecule has 6 nitrogen and oxygen atoms in total. The second kappa shape index (κ2) is 6.69. The van der Waals surface area contributed by atoms with Gasteiger partial charge < -0.3 is 14.8 Å². The second-order valence-electron chi connectivity index (χ2n) is 4.74. The Labute approximate surface area is 126 Å². The summed E-state index contributed by atoms with van der Waals surface area (Å²) in [5.41, 5.74) is 0.349. The molecule has 1 aliphatic heterocycles. The lowest BCUT2D eigenvalue weighted by molar-refractivity contribution is -0.147. The van der Waals surface area contributed by atoms with E-state index in [0.29, 0.717) is 0 Å². The standard InChI is InChI=1S/C14H16F2N2O4/c1-8(14(20)22-4-3-21-2)18-12-6-10(16)9(15)5-11(12)17-7-13(18)19/h5-6,8,17H,3-4,7H2,1-2H3. The molecular weight excluding hydrogens is 298 g/mol. The Morgan fingerprint density at radius 2 is 2.05 bits per heavy atom. The highest BCUT2D eigenvalue weighted by Crippen LogP contribution is 2.33. The molecule has 0 spiro atoms. The molecule has 8 heteroatoms. The largest absolute Gasteiger partial charge is 0.462 e. The fourth-order valence-electron chi connectivity index (χ4n) is 2.14. The van der Waals surface area contributed by atoms with E-state index < -0.39 is 29.6 Å². The van der Waals surface area contributed by atoms with Gasteiger partial charge >= 0.3 is 5.97 Å². The second-order valence-corrected chi connectivity index (χ2v) is 4.74. The number of carbonyl (C=O) groups excluding carboxylic acids is 2. The van der Waals surface area contributed by atoms with Crippen LogP contribution in [0.3, 0.4) is 0 Å². The van der Waals surface area contributed by atoms with Crippen LogP contribution in [0, 0.1) is 11.6 Å². The molecule has 0 radical (unpaired) electrons. The van der Waals surface area contributed by atoms with Crippen LogP contribution >= 0.6 is 0 Å². The molecule has 2 rings (SSSR count). The maximum atomic E-state index is 13.4. The zero-order chi connectivity index (χ0) is 16.3. The molecule has 1 atom stereocenters. The Morgan fingerprint density at radius 1 is 1.36 bits per heavy atom. The van der Waals surface area contributed by atoms with E-state index in [-0.39, 0.29) is 31.1 Å². The highest BCUT2D eigenvalue weighted by Gasteiger charge is 2.33. The first kappa shape index (κ1) is 16.2. The fourth-order valence-corrected chi connectivity index (χ4v) is 2.14. The number of benzene rings is 1. The van der Waals surface area contributed by atoms with Gasteiger partial charge in [0.15, 0.2) is 11.6 Å². The van der Waals surface area contributed by atoms with Crippen LogP contribution in [0.2, 0.25) is 0 Å². The molecule has 0 bridgehead atoms. The maximum absolute atomic E-state index is 13.4. The Hall–Kier alpha value is -2.22. The number of amides is 1. The molecule has 1 N–H and O–H groups in total. The number of nitrogens with zero attached hydrogens (tertiary/aromatic N) is 1. The minimum Gasteiger partial charge on any atom is -0.462 e. The third kappa shape index (κ3) is 3.16. The van der Waals surface area contributed by atoms with Crippen LogP contribution in [0.4, 0.5) is 20.2 Å². The number of rotatable bonds is 5. The van der Waals surface area contributed by atoms with Gasteiger partial charge in [-0.15, -0.1) is 0 Å². The van der Waals surface area contributed by atoms with Gasteiger partial charge in [0, 0.05) is 19.2 Å². The molecule has 1 amide bonds. The van der Waals surface area contributed by atoms with E-state index in [0.717, 1.165) is 17.0 Å². The van der Waals surface area contributed by atoms with Crippen molar-refractivity contribution in [2.45, 2.75) is 13.0 Å². The maximum Gasteiger partial charge on any atom is 0.329 e. The number of anilines is 2. The van der Waals surface area contributed by atoms with Gasteiger partial charge in [0.1, 0.15) is 12.6 Å². The van der Waals surface area contributed by atoms with Gasteiger partial charge in [0.05, 0.1) is 24.5 Å². The molecule has 0 aliphatic carbocycles. The summed E-state index contributed by atoms with van der Waals surface area (Å²) in [6.45, 7) is 1.62. The number of methoxy groups -OCH3 is 1. The molecule has 22 heavy (non-hydrogen) atoms. The molecular formula is C14H16F2N2O4. The molecule has 1 unspecified atom stereocenters. The van der Waals surface area contributed by atoms with Crippen molar-refractivity contribution in [2.24, 2.45) is 0 Å². The quantitative estimate of drug-likeness (QED) is 0.655. The van der Waals surface area contributed by atoms with Crippen molar-refractivity contribution >= 4 is 23.3 Å². The van der Waals surface area contributed by atoms with E-state index in [9.17, 15) is 18.4 Å². The predicted molar refractivity (Wildman–Crippen MR) is 74.6 cm³/mol. The van der Waals surface area contributed by atoms with Crippen LogP contribution in [-0.4, -0.2) is 44.8 Å². The highest BCUT2D eigenvalue weighted by atomic mass is 19.2. The third-order valence-corrected chi connectivity index (χ3v) is 3.26. The fraction of sp³-hybridized carbons (Fsp3) is 0.429. The van der Waals surface area contributed by atoms with Gasteiger partial charge in [-0.25, -0.2) is 13.6 Å². The number of ether oxygens (including phenoxy) is 2. The van der Waals surface area contributed by atoms with Crippen LogP contribution in [-0.2, 0) is 19.1 Å². The molecule has 0 fully saturated rings. The lowest BCUT2D eigenvalue weighted by Crippen LogP contribution is -2.49. The summed E-state index contributed by atoms with van der Waals surface area (Å²) in [6, 6.07) is 0.871. The smallest absolute Gasteiger partial charge is 0.329 e. The predicted octanol–water partition coefficient (Wildman–Crippen LogP) is 1.30. The first-order valence-electron chi connectivity index (χ1n) is 6.66. The number of halogens is 2. The Balaban J connectivity index is 2.25. The minimum absolute atomic E-state index is 0.0462. The molecule has 1 aromatic carbocycles. The van der Waals surface area contributed by atoms with E-state index >= 15 is 0 Å². The van der Waals surface area contributed by atoms with E-state index in [1.54, 1.807) is 0 Å².